The summed E-state index contributed by atoms with van der Waals surface area (Å²) in [5.74, 6) is -0.715. The maximum Gasteiger partial charge on any atom is 0.387 e. The number of benzene rings is 2. The first-order valence-corrected chi connectivity index (χ1v) is 6.96. The molecular weight excluding hydrogens is 292 g/mol. The Morgan fingerprint density at radius 2 is 2.00 bits per heavy atom. The molecule has 2 rings (SSSR count). The van der Waals surface area contributed by atoms with E-state index in [2.05, 4.69) is 10.1 Å². The molecule has 2 aromatic carbocycles. The van der Waals surface area contributed by atoms with Crippen molar-refractivity contribution in [3.8, 4) is 5.75 Å². The van der Waals surface area contributed by atoms with E-state index >= 15 is 0 Å². The second-order valence-electron chi connectivity index (χ2n) is 4.82. The Bertz CT molecular complexity index is 646. The third kappa shape index (κ3) is 4.39. The third-order valence-electron chi connectivity index (χ3n) is 3.26. The zero-order valence-corrected chi connectivity index (χ0v) is 11.9. The van der Waals surface area contributed by atoms with Crippen molar-refractivity contribution in [2.75, 3.05) is 6.54 Å². The minimum Gasteiger partial charge on any atom is -0.481 e. The number of carbonyl (C=O) groups is 1. The highest BCUT2D eigenvalue weighted by molar-refractivity contribution is 5.87. The fourth-order valence-corrected chi connectivity index (χ4v) is 2.28. The highest BCUT2D eigenvalue weighted by Crippen LogP contribution is 2.29. The average molecular weight is 309 g/mol. The summed E-state index contributed by atoms with van der Waals surface area (Å²) in [7, 11) is 0. The Hall–Kier alpha value is -2.21. The van der Waals surface area contributed by atoms with E-state index in [0.29, 0.717) is 25.1 Å². The molecule has 118 valence electrons. The molecule has 2 N–H and O–H groups in total. The summed E-state index contributed by atoms with van der Waals surface area (Å²) >= 11 is 0. The van der Waals surface area contributed by atoms with Crippen LogP contribution in [0, 0.1) is 0 Å². The quantitative estimate of drug-likeness (QED) is 0.734. The van der Waals surface area contributed by atoms with Crippen LogP contribution in [0.2, 0.25) is 0 Å². The summed E-state index contributed by atoms with van der Waals surface area (Å²) in [4.78, 5) is 10.5. The predicted molar refractivity (Wildman–Crippen MR) is 79.2 cm³/mol. The number of hydrogen-bond donors (Lipinski definition) is 2. The van der Waals surface area contributed by atoms with Crippen molar-refractivity contribution in [1.29, 1.82) is 0 Å². The van der Waals surface area contributed by atoms with E-state index in [4.69, 9.17) is 5.11 Å². The first kappa shape index (κ1) is 16.2. The number of carboxylic acid groups (broad SMARTS) is 1. The van der Waals surface area contributed by atoms with Gasteiger partial charge in [-0.2, -0.15) is 8.78 Å². The molecule has 0 saturated heterocycles. The van der Waals surface area contributed by atoms with Crippen LogP contribution in [0.1, 0.15) is 18.4 Å². The van der Waals surface area contributed by atoms with Gasteiger partial charge in [0, 0.05) is 18.5 Å². The van der Waals surface area contributed by atoms with E-state index in [1.54, 1.807) is 6.07 Å². The van der Waals surface area contributed by atoms with Gasteiger partial charge < -0.3 is 15.2 Å². The molecule has 6 heteroatoms. The molecule has 0 fully saturated rings. The molecule has 0 heterocycles. The van der Waals surface area contributed by atoms with Crippen molar-refractivity contribution in [3.63, 3.8) is 0 Å². The van der Waals surface area contributed by atoms with Crippen molar-refractivity contribution in [1.82, 2.24) is 5.32 Å². The molecule has 0 unspecified atom stereocenters. The molecule has 0 saturated carbocycles. The summed E-state index contributed by atoms with van der Waals surface area (Å²) in [5, 5.41) is 13.4. The Kier molecular flexibility index (Phi) is 5.66. The topological polar surface area (TPSA) is 58.6 Å². The highest BCUT2D eigenvalue weighted by atomic mass is 19.3. The van der Waals surface area contributed by atoms with E-state index in [9.17, 15) is 13.6 Å². The monoisotopic (exact) mass is 309 g/mol. The van der Waals surface area contributed by atoms with Gasteiger partial charge in [0.15, 0.2) is 0 Å². The lowest BCUT2D eigenvalue weighted by atomic mass is 10.0. The first-order valence-electron chi connectivity index (χ1n) is 6.96. The first-order chi connectivity index (χ1) is 10.6. The van der Waals surface area contributed by atoms with Crippen LogP contribution in [0.4, 0.5) is 8.78 Å². The van der Waals surface area contributed by atoms with E-state index < -0.39 is 12.6 Å². The minimum atomic E-state index is -2.88. The van der Waals surface area contributed by atoms with Crippen molar-refractivity contribution in [3.05, 3.63) is 42.0 Å². The number of aliphatic carboxylic acids is 1. The van der Waals surface area contributed by atoms with E-state index in [-0.39, 0.29) is 12.2 Å². The van der Waals surface area contributed by atoms with Crippen LogP contribution < -0.4 is 10.1 Å². The molecule has 0 aliphatic rings. The molecular formula is C16H17F2NO3. The molecule has 2 aromatic rings. The van der Waals surface area contributed by atoms with E-state index in [1.165, 1.54) is 6.07 Å². The lowest BCUT2D eigenvalue weighted by Crippen LogP contribution is -2.17. The largest absolute Gasteiger partial charge is 0.481 e. The molecule has 0 atom stereocenters. The number of alkyl halides is 2. The molecule has 0 aliphatic carbocycles. The summed E-state index contributed by atoms with van der Waals surface area (Å²) < 4.78 is 29.6. The predicted octanol–water partition coefficient (Wildman–Crippen LogP) is 3.40. The van der Waals surface area contributed by atoms with Gasteiger partial charge in [-0.3, -0.25) is 4.79 Å². The van der Waals surface area contributed by atoms with Crippen LogP contribution in [0.3, 0.4) is 0 Å². The smallest absolute Gasteiger partial charge is 0.387 e. The van der Waals surface area contributed by atoms with Gasteiger partial charge in [-0.25, -0.2) is 0 Å². The molecule has 0 radical (unpaired) electrons. The summed E-state index contributed by atoms with van der Waals surface area (Å²) in [5.41, 5.74) is 0.647. The normalized spacial score (nSPS) is 11.0. The SMILES string of the molecule is O=C(O)CCCNCc1c(OC(F)F)ccc2ccccc12. The van der Waals surface area contributed by atoms with Gasteiger partial charge in [0.05, 0.1) is 0 Å². The number of hydrogen-bond acceptors (Lipinski definition) is 3. The zero-order chi connectivity index (χ0) is 15.9. The van der Waals surface area contributed by atoms with E-state index in [0.717, 1.165) is 10.8 Å². The van der Waals surface area contributed by atoms with Crippen LogP contribution in [-0.4, -0.2) is 24.2 Å². The molecule has 0 amide bonds. The zero-order valence-electron chi connectivity index (χ0n) is 11.9. The Morgan fingerprint density at radius 3 is 2.73 bits per heavy atom. The molecule has 0 bridgehead atoms. The Balaban J connectivity index is 2.15. The Morgan fingerprint density at radius 1 is 1.23 bits per heavy atom. The van der Waals surface area contributed by atoms with Gasteiger partial charge in [-0.1, -0.05) is 30.3 Å². The second-order valence-corrected chi connectivity index (χ2v) is 4.82. The highest BCUT2D eigenvalue weighted by Gasteiger charge is 2.12. The maximum absolute atomic E-state index is 12.5. The van der Waals surface area contributed by atoms with Crippen molar-refractivity contribution >= 4 is 16.7 Å². The number of rotatable bonds is 8. The van der Waals surface area contributed by atoms with Crippen molar-refractivity contribution in [2.24, 2.45) is 0 Å². The third-order valence-corrected chi connectivity index (χ3v) is 3.26. The molecule has 0 spiro atoms. The van der Waals surface area contributed by atoms with Crippen molar-refractivity contribution < 1.29 is 23.4 Å². The maximum atomic E-state index is 12.5. The Labute approximate surface area is 126 Å². The molecule has 0 aromatic heterocycles. The lowest BCUT2D eigenvalue weighted by Gasteiger charge is -2.14. The van der Waals surface area contributed by atoms with E-state index in [1.807, 2.05) is 24.3 Å². The van der Waals surface area contributed by atoms with Crippen LogP contribution in [0.15, 0.2) is 36.4 Å². The van der Waals surface area contributed by atoms with Gasteiger partial charge in [-0.15, -0.1) is 0 Å². The molecule has 0 aliphatic heterocycles. The summed E-state index contributed by atoms with van der Waals surface area (Å²) in [6.07, 6.45) is 0.550. The van der Waals surface area contributed by atoms with Gasteiger partial charge >= 0.3 is 12.6 Å². The van der Waals surface area contributed by atoms with Gasteiger partial charge in [-0.05, 0) is 29.8 Å². The summed E-state index contributed by atoms with van der Waals surface area (Å²) in [6, 6.07) is 10.7. The number of nitrogens with one attached hydrogen (secondary N) is 1. The standard InChI is InChI=1S/C16H17F2NO3/c17-16(18)22-14-8-7-11-4-1-2-5-12(11)13(14)10-19-9-3-6-15(20)21/h1-2,4-5,7-8,16,19H,3,6,9-10H2,(H,20,21). The number of halogens is 2. The fraction of sp³-hybridized carbons (Fsp3) is 0.312. The van der Waals surface area contributed by atoms with Gasteiger partial charge in [0.25, 0.3) is 0 Å². The number of carboxylic acids is 1. The van der Waals surface area contributed by atoms with Crippen molar-refractivity contribution in [2.45, 2.75) is 26.0 Å². The summed E-state index contributed by atoms with van der Waals surface area (Å²) in [6.45, 7) is -2.06. The molecule has 22 heavy (non-hydrogen) atoms. The van der Waals surface area contributed by atoms with Crippen LogP contribution in [0.5, 0.6) is 5.75 Å². The van der Waals surface area contributed by atoms with Gasteiger partial charge in [0.1, 0.15) is 5.75 Å². The van der Waals surface area contributed by atoms with Crippen LogP contribution in [0.25, 0.3) is 10.8 Å². The minimum absolute atomic E-state index is 0.0723. The number of ether oxygens (including phenoxy) is 1. The number of fused-ring (bicyclic) bond motifs is 1. The fourth-order valence-electron chi connectivity index (χ4n) is 2.28. The average Bonchev–Trinajstić information content (AvgIpc) is 2.47. The van der Waals surface area contributed by atoms with Gasteiger partial charge in [0.2, 0.25) is 0 Å². The lowest BCUT2D eigenvalue weighted by molar-refractivity contribution is -0.137. The molecule has 4 nitrogen and oxygen atoms in total. The van der Waals surface area contributed by atoms with Crippen LogP contribution >= 0.6 is 0 Å². The second kappa shape index (κ2) is 7.70. The van der Waals surface area contributed by atoms with Crippen LogP contribution in [-0.2, 0) is 11.3 Å².